The fourth-order valence-corrected chi connectivity index (χ4v) is 4.20. The van der Waals surface area contributed by atoms with E-state index in [1.807, 2.05) is 16.7 Å². The van der Waals surface area contributed by atoms with Gasteiger partial charge in [0.1, 0.15) is 12.4 Å². The lowest BCUT2D eigenvalue weighted by Gasteiger charge is -2.12. The van der Waals surface area contributed by atoms with Crippen molar-refractivity contribution in [3.63, 3.8) is 0 Å². The first-order valence-electron chi connectivity index (χ1n) is 9.25. The maximum atomic E-state index is 13.9. The summed E-state index contributed by atoms with van der Waals surface area (Å²) >= 11 is 1.40. The third-order valence-electron chi connectivity index (χ3n) is 4.68. The minimum absolute atomic E-state index is 0.0973. The van der Waals surface area contributed by atoms with Gasteiger partial charge in [0.25, 0.3) is 0 Å². The highest BCUT2D eigenvalue weighted by atomic mass is 32.2. The van der Waals surface area contributed by atoms with Gasteiger partial charge < -0.3 is 14.6 Å². The molecule has 1 saturated heterocycles. The highest BCUT2D eigenvalue weighted by molar-refractivity contribution is 7.98. The van der Waals surface area contributed by atoms with Crippen LogP contribution in [0.15, 0.2) is 47.9 Å². The Morgan fingerprint density at radius 1 is 1.36 bits per heavy atom. The average molecular weight is 400 g/mol. The smallest absolute Gasteiger partial charge is 0.240 e. The number of halogens is 1. The number of nitrogens with one attached hydrogen (secondary N) is 1. The molecular weight excluding hydrogens is 379 g/mol. The summed E-state index contributed by atoms with van der Waals surface area (Å²) in [7, 11) is 0. The molecule has 0 bridgehead atoms. The van der Waals surface area contributed by atoms with Gasteiger partial charge in [-0.1, -0.05) is 30.0 Å². The molecule has 2 aromatic heterocycles. The number of aromatic nitrogens is 3. The number of fused-ring (bicyclic) bond motifs is 1. The number of amides is 1. The normalized spacial score (nSPS) is 16.5. The Morgan fingerprint density at radius 3 is 3.07 bits per heavy atom. The molecule has 0 radical (unpaired) electrons. The fraction of sp³-hybridized carbons (Fsp3) is 0.350. The number of carbonyl (C=O) groups is 1. The minimum Gasteiger partial charge on any atom is -0.376 e. The summed E-state index contributed by atoms with van der Waals surface area (Å²) in [4.78, 5) is 21.2. The molecule has 1 N–H and O–H groups in total. The van der Waals surface area contributed by atoms with E-state index in [2.05, 4.69) is 15.3 Å². The van der Waals surface area contributed by atoms with Crippen molar-refractivity contribution in [1.82, 2.24) is 19.9 Å². The largest absolute Gasteiger partial charge is 0.376 e. The Balaban J connectivity index is 1.49. The number of nitrogens with zero attached hydrogens (tertiary/aromatic N) is 3. The number of imidazole rings is 1. The molecule has 6 nitrogen and oxygen atoms in total. The number of carbonyl (C=O) groups excluding carboxylic acids is 1. The maximum Gasteiger partial charge on any atom is 0.240 e. The average Bonchev–Trinajstić information content (AvgIpc) is 3.34. The molecule has 1 fully saturated rings. The van der Waals surface area contributed by atoms with Crippen molar-refractivity contribution in [3.8, 4) is 0 Å². The van der Waals surface area contributed by atoms with E-state index in [-0.39, 0.29) is 24.4 Å². The van der Waals surface area contributed by atoms with Crippen molar-refractivity contribution < 1.29 is 13.9 Å². The van der Waals surface area contributed by atoms with Crippen molar-refractivity contribution in [2.24, 2.45) is 0 Å². The third-order valence-corrected chi connectivity index (χ3v) is 5.71. The van der Waals surface area contributed by atoms with Crippen LogP contribution in [0.4, 0.5) is 4.39 Å². The van der Waals surface area contributed by atoms with E-state index in [9.17, 15) is 9.18 Å². The Bertz CT molecular complexity index is 972. The van der Waals surface area contributed by atoms with E-state index < -0.39 is 0 Å². The van der Waals surface area contributed by atoms with Crippen molar-refractivity contribution in [1.29, 1.82) is 0 Å². The molecule has 28 heavy (non-hydrogen) atoms. The van der Waals surface area contributed by atoms with Crippen molar-refractivity contribution in [2.45, 2.75) is 36.4 Å². The number of hydrogen-bond donors (Lipinski definition) is 1. The lowest BCUT2D eigenvalue weighted by atomic mass is 10.2. The molecule has 0 spiro atoms. The van der Waals surface area contributed by atoms with Crippen LogP contribution in [-0.4, -0.2) is 39.7 Å². The van der Waals surface area contributed by atoms with Crippen molar-refractivity contribution in [2.75, 3.05) is 13.2 Å². The van der Waals surface area contributed by atoms with Crippen LogP contribution in [0, 0.1) is 5.82 Å². The number of benzene rings is 1. The summed E-state index contributed by atoms with van der Waals surface area (Å²) in [6.07, 6.45) is 5.47. The Kier molecular flexibility index (Phi) is 5.87. The van der Waals surface area contributed by atoms with E-state index in [1.165, 1.54) is 17.8 Å². The second kappa shape index (κ2) is 8.70. The summed E-state index contributed by atoms with van der Waals surface area (Å²) in [5, 5.41) is 3.60. The zero-order chi connectivity index (χ0) is 19.3. The summed E-state index contributed by atoms with van der Waals surface area (Å²) in [6.45, 7) is 1.41. The molecule has 4 rings (SSSR count). The van der Waals surface area contributed by atoms with E-state index in [0.717, 1.165) is 30.5 Å². The van der Waals surface area contributed by atoms with Crippen LogP contribution in [0.25, 0.3) is 11.0 Å². The Labute approximate surface area is 166 Å². The lowest BCUT2D eigenvalue weighted by Crippen LogP contribution is -2.34. The van der Waals surface area contributed by atoms with Crippen LogP contribution >= 0.6 is 11.8 Å². The van der Waals surface area contributed by atoms with E-state index in [4.69, 9.17) is 4.74 Å². The summed E-state index contributed by atoms with van der Waals surface area (Å²) < 4.78 is 21.3. The second-order valence-corrected chi connectivity index (χ2v) is 7.61. The van der Waals surface area contributed by atoms with Gasteiger partial charge in [-0.25, -0.2) is 9.37 Å². The zero-order valence-electron chi connectivity index (χ0n) is 15.3. The molecule has 1 aliphatic rings. The molecular formula is C20H21FN4O2S. The van der Waals surface area contributed by atoms with Crippen LogP contribution in [0.3, 0.4) is 0 Å². The number of ether oxygens (including phenoxy) is 1. The molecule has 1 amide bonds. The van der Waals surface area contributed by atoms with Gasteiger partial charge >= 0.3 is 0 Å². The van der Waals surface area contributed by atoms with Crippen LogP contribution in [0.5, 0.6) is 0 Å². The van der Waals surface area contributed by atoms with Gasteiger partial charge in [0.05, 0.1) is 23.3 Å². The predicted octanol–water partition coefficient (Wildman–Crippen LogP) is 3.16. The second-order valence-electron chi connectivity index (χ2n) is 6.66. The number of pyridine rings is 1. The Hall–Kier alpha value is -2.45. The van der Waals surface area contributed by atoms with Crippen molar-refractivity contribution in [3.05, 3.63) is 54.1 Å². The molecule has 0 saturated carbocycles. The van der Waals surface area contributed by atoms with E-state index >= 15 is 0 Å². The van der Waals surface area contributed by atoms with E-state index in [1.54, 1.807) is 24.5 Å². The first kappa shape index (κ1) is 18.9. The molecule has 0 aliphatic carbocycles. The van der Waals surface area contributed by atoms with Gasteiger partial charge in [0.2, 0.25) is 5.91 Å². The standard InChI is InChI=1S/C20H21FN4O2S/c21-16-6-2-1-4-14(16)13-28-20-24-17-7-8-22-11-18(17)25(20)12-19(26)23-10-15-5-3-9-27-15/h1-2,4,6-8,11,15H,3,5,9-10,12-13H2,(H,23,26)/t15-/m0/s1. The Morgan fingerprint density at radius 2 is 2.25 bits per heavy atom. The molecule has 1 aliphatic heterocycles. The molecule has 1 atom stereocenters. The molecule has 3 aromatic rings. The third kappa shape index (κ3) is 4.34. The maximum absolute atomic E-state index is 13.9. The van der Waals surface area contributed by atoms with Crippen LogP contribution in [0.1, 0.15) is 18.4 Å². The SMILES string of the molecule is O=C(Cn1c(SCc2ccccc2F)nc2ccncc21)NC[C@@H]1CCCO1. The molecule has 8 heteroatoms. The van der Waals surface area contributed by atoms with Crippen molar-refractivity contribution >= 4 is 28.7 Å². The quantitative estimate of drug-likeness (QED) is 0.617. The topological polar surface area (TPSA) is 69.0 Å². The summed E-state index contributed by atoms with van der Waals surface area (Å²) in [5.41, 5.74) is 2.15. The van der Waals surface area contributed by atoms with Gasteiger partial charge in [0.15, 0.2) is 5.16 Å². The summed E-state index contributed by atoms with van der Waals surface area (Å²) in [5.74, 6) is 0.0843. The zero-order valence-corrected chi connectivity index (χ0v) is 16.1. The number of thioether (sulfide) groups is 1. The highest BCUT2D eigenvalue weighted by Crippen LogP contribution is 2.27. The van der Waals surface area contributed by atoms with E-state index in [0.29, 0.717) is 23.0 Å². The molecule has 146 valence electrons. The fourth-order valence-electron chi connectivity index (χ4n) is 3.20. The van der Waals surface area contributed by atoms with Crippen LogP contribution in [0.2, 0.25) is 0 Å². The van der Waals surface area contributed by atoms with Crippen LogP contribution < -0.4 is 5.32 Å². The number of rotatable bonds is 7. The summed E-state index contributed by atoms with van der Waals surface area (Å²) in [6, 6.07) is 8.49. The number of hydrogen-bond acceptors (Lipinski definition) is 5. The highest BCUT2D eigenvalue weighted by Gasteiger charge is 2.18. The monoisotopic (exact) mass is 400 g/mol. The predicted molar refractivity (Wildman–Crippen MR) is 105 cm³/mol. The van der Waals surface area contributed by atoms with Crippen LogP contribution in [-0.2, 0) is 21.8 Å². The molecule has 1 aromatic carbocycles. The van der Waals surface area contributed by atoms with Gasteiger partial charge in [-0.05, 0) is 30.5 Å². The first-order chi connectivity index (χ1) is 13.7. The van der Waals surface area contributed by atoms with Gasteiger partial charge in [-0.15, -0.1) is 0 Å². The van der Waals surface area contributed by atoms with Gasteiger partial charge in [-0.3, -0.25) is 9.78 Å². The lowest BCUT2D eigenvalue weighted by molar-refractivity contribution is -0.122. The first-order valence-corrected chi connectivity index (χ1v) is 10.2. The van der Waals surface area contributed by atoms with Gasteiger partial charge in [0, 0.05) is 25.1 Å². The molecule has 0 unspecified atom stereocenters. The molecule has 3 heterocycles. The van der Waals surface area contributed by atoms with Gasteiger partial charge in [-0.2, -0.15) is 0 Å². The minimum atomic E-state index is -0.242.